The van der Waals surface area contributed by atoms with Gasteiger partial charge < -0.3 is 0 Å². The molecule has 0 aliphatic carbocycles. The van der Waals surface area contributed by atoms with Gasteiger partial charge in [-0.1, -0.05) is 52.7 Å². The normalized spacial score (nSPS) is 14.2. The summed E-state index contributed by atoms with van der Waals surface area (Å²) in [6.07, 6.45) is 11.4. The van der Waals surface area contributed by atoms with E-state index in [0.29, 0.717) is 0 Å². The molecule has 0 fully saturated rings. The van der Waals surface area contributed by atoms with Gasteiger partial charge in [-0.2, -0.15) is 0 Å². The summed E-state index contributed by atoms with van der Waals surface area (Å²) < 4.78 is 0. The lowest BCUT2D eigenvalue weighted by Crippen LogP contribution is -1.88. The van der Waals surface area contributed by atoms with Crippen molar-refractivity contribution in [2.75, 3.05) is 0 Å². The molecule has 78 valence electrons. The molecule has 1 atom stereocenters. The summed E-state index contributed by atoms with van der Waals surface area (Å²) in [5.41, 5.74) is 0. The Morgan fingerprint density at radius 3 is 2.31 bits per heavy atom. The molecule has 0 aliphatic rings. The van der Waals surface area contributed by atoms with Crippen molar-refractivity contribution in [1.29, 1.82) is 0 Å². The van der Waals surface area contributed by atoms with Crippen LogP contribution in [-0.4, -0.2) is 0 Å². The summed E-state index contributed by atoms with van der Waals surface area (Å²) >= 11 is 0. The molecular formula is C13H26. The minimum absolute atomic E-state index is 0.782. The second kappa shape index (κ2) is 8.34. The van der Waals surface area contributed by atoms with Gasteiger partial charge in [0.15, 0.2) is 0 Å². The van der Waals surface area contributed by atoms with Crippen molar-refractivity contribution in [1.82, 2.24) is 0 Å². The molecule has 0 aromatic rings. The molecule has 0 aliphatic heterocycles. The number of allylic oxidation sites excluding steroid dienone is 2. The molecule has 0 spiro atoms. The van der Waals surface area contributed by atoms with Crippen LogP contribution in [0.2, 0.25) is 0 Å². The van der Waals surface area contributed by atoms with Crippen LogP contribution in [0.4, 0.5) is 0 Å². The highest BCUT2D eigenvalue weighted by Crippen LogP contribution is 2.10. The second-order valence-corrected chi connectivity index (χ2v) is 4.52. The van der Waals surface area contributed by atoms with E-state index in [9.17, 15) is 0 Å². The number of hydrogen-bond acceptors (Lipinski definition) is 0. The lowest BCUT2D eigenvalue weighted by atomic mass is 10.0. The van der Waals surface area contributed by atoms with Crippen molar-refractivity contribution < 1.29 is 0 Å². The van der Waals surface area contributed by atoms with Crippen molar-refractivity contribution >= 4 is 0 Å². The Balaban J connectivity index is 3.30. The van der Waals surface area contributed by atoms with Crippen LogP contribution in [-0.2, 0) is 0 Å². The molecule has 0 bridgehead atoms. The second-order valence-electron chi connectivity index (χ2n) is 4.52. The molecule has 1 unspecified atom stereocenters. The summed E-state index contributed by atoms with van der Waals surface area (Å²) in [4.78, 5) is 0. The minimum Gasteiger partial charge on any atom is -0.0883 e. The van der Waals surface area contributed by atoms with E-state index in [4.69, 9.17) is 0 Å². The molecule has 13 heavy (non-hydrogen) atoms. The predicted molar refractivity (Wildman–Crippen MR) is 61.9 cm³/mol. The lowest BCUT2D eigenvalue weighted by Gasteiger charge is -2.03. The molecule has 0 heteroatoms. The fraction of sp³-hybridized carbons (Fsp3) is 0.846. The zero-order valence-corrected chi connectivity index (χ0v) is 9.84. The smallest absolute Gasteiger partial charge is 0.0262 e. The van der Waals surface area contributed by atoms with Crippen LogP contribution in [0.15, 0.2) is 12.2 Å². The molecule has 0 saturated carbocycles. The van der Waals surface area contributed by atoms with Gasteiger partial charge in [0, 0.05) is 0 Å². The van der Waals surface area contributed by atoms with E-state index in [2.05, 4.69) is 39.8 Å². The maximum absolute atomic E-state index is 2.38. The minimum atomic E-state index is 0.782. The van der Waals surface area contributed by atoms with Crippen LogP contribution >= 0.6 is 0 Å². The third kappa shape index (κ3) is 9.66. The van der Waals surface area contributed by atoms with E-state index in [1.807, 2.05) is 0 Å². The molecule has 0 aromatic carbocycles. The largest absolute Gasteiger partial charge is 0.0883 e. The van der Waals surface area contributed by atoms with E-state index in [1.165, 1.54) is 32.1 Å². The Morgan fingerprint density at radius 2 is 1.77 bits per heavy atom. The maximum atomic E-state index is 2.38. The molecule has 0 nitrogen and oxygen atoms in total. The fourth-order valence-electron chi connectivity index (χ4n) is 1.52. The van der Waals surface area contributed by atoms with E-state index in [1.54, 1.807) is 0 Å². The van der Waals surface area contributed by atoms with E-state index in [-0.39, 0.29) is 0 Å². The highest BCUT2D eigenvalue weighted by Gasteiger charge is 1.94. The van der Waals surface area contributed by atoms with Crippen LogP contribution in [0.5, 0.6) is 0 Å². The van der Waals surface area contributed by atoms with E-state index >= 15 is 0 Å². The van der Waals surface area contributed by atoms with Crippen molar-refractivity contribution in [2.45, 2.75) is 59.8 Å². The topological polar surface area (TPSA) is 0 Å². The first-order chi connectivity index (χ1) is 6.16. The van der Waals surface area contributed by atoms with Crippen molar-refractivity contribution in [3.8, 4) is 0 Å². The SMILES string of the molecule is CCCC(C)C=CCCCC(C)C. The number of rotatable bonds is 7. The van der Waals surface area contributed by atoms with Crippen LogP contribution in [0, 0.1) is 11.8 Å². The van der Waals surface area contributed by atoms with Crippen molar-refractivity contribution in [2.24, 2.45) is 11.8 Å². The Kier molecular flexibility index (Phi) is 8.18. The zero-order valence-electron chi connectivity index (χ0n) is 9.84. The Hall–Kier alpha value is -0.260. The highest BCUT2D eigenvalue weighted by molar-refractivity contribution is 4.85. The maximum Gasteiger partial charge on any atom is -0.0262 e. The third-order valence-electron chi connectivity index (χ3n) is 2.36. The standard InChI is InChI=1S/C13H26/c1-5-9-13(4)11-8-6-7-10-12(2)3/h8,11-13H,5-7,9-10H2,1-4H3. The van der Waals surface area contributed by atoms with Gasteiger partial charge >= 0.3 is 0 Å². The average molecular weight is 182 g/mol. The van der Waals surface area contributed by atoms with Crippen molar-refractivity contribution in [3.05, 3.63) is 12.2 Å². The Labute approximate surface area is 84.4 Å². The first-order valence-electron chi connectivity index (χ1n) is 5.83. The summed E-state index contributed by atoms with van der Waals surface area (Å²) in [6.45, 7) is 9.15. The third-order valence-corrected chi connectivity index (χ3v) is 2.36. The number of hydrogen-bond donors (Lipinski definition) is 0. The fourth-order valence-corrected chi connectivity index (χ4v) is 1.52. The summed E-state index contributed by atoms with van der Waals surface area (Å²) in [5.74, 6) is 1.64. The number of unbranched alkanes of at least 4 members (excludes halogenated alkanes) is 1. The summed E-state index contributed by atoms with van der Waals surface area (Å²) in [5, 5.41) is 0. The zero-order chi connectivity index (χ0) is 10.1. The van der Waals surface area contributed by atoms with Gasteiger partial charge in [-0.05, 0) is 31.1 Å². The lowest BCUT2D eigenvalue weighted by molar-refractivity contribution is 0.558. The monoisotopic (exact) mass is 182 g/mol. The first kappa shape index (κ1) is 12.7. The Bertz CT molecular complexity index is 122. The molecule has 0 rings (SSSR count). The van der Waals surface area contributed by atoms with E-state index < -0.39 is 0 Å². The Morgan fingerprint density at radius 1 is 1.08 bits per heavy atom. The van der Waals surface area contributed by atoms with Crippen LogP contribution in [0.1, 0.15) is 59.8 Å². The molecule has 0 N–H and O–H groups in total. The van der Waals surface area contributed by atoms with Crippen LogP contribution in [0.3, 0.4) is 0 Å². The van der Waals surface area contributed by atoms with Crippen LogP contribution < -0.4 is 0 Å². The quantitative estimate of drug-likeness (QED) is 0.392. The first-order valence-corrected chi connectivity index (χ1v) is 5.83. The molecular weight excluding hydrogens is 156 g/mol. The van der Waals surface area contributed by atoms with Gasteiger partial charge in [-0.3, -0.25) is 0 Å². The van der Waals surface area contributed by atoms with Gasteiger partial charge in [-0.15, -0.1) is 0 Å². The molecule has 0 heterocycles. The van der Waals surface area contributed by atoms with E-state index in [0.717, 1.165) is 11.8 Å². The summed E-state index contributed by atoms with van der Waals surface area (Å²) in [7, 11) is 0. The molecule has 0 amide bonds. The molecule has 0 radical (unpaired) electrons. The van der Waals surface area contributed by atoms with Crippen molar-refractivity contribution in [3.63, 3.8) is 0 Å². The van der Waals surface area contributed by atoms with Gasteiger partial charge in [0.1, 0.15) is 0 Å². The highest BCUT2D eigenvalue weighted by atomic mass is 14.0. The average Bonchev–Trinajstić information content (AvgIpc) is 2.03. The molecule has 0 saturated heterocycles. The van der Waals surface area contributed by atoms with Gasteiger partial charge in [0.05, 0.1) is 0 Å². The molecule has 0 aromatic heterocycles. The predicted octanol–water partition coefficient (Wildman–Crippen LogP) is 4.81. The van der Waals surface area contributed by atoms with Gasteiger partial charge in [-0.25, -0.2) is 0 Å². The van der Waals surface area contributed by atoms with Gasteiger partial charge in [0.25, 0.3) is 0 Å². The van der Waals surface area contributed by atoms with Gasteiger partial charge in [0.2, 0.25) is 0 Å². The summed E-state index contributed by atoms with van der Waals surface area (Å²) in [6, 6.07) is 0. The van der Waals surface area contributed by atoms with Crippen LogP contribution in [0.25, 0.3) is 0 Å².